The molecule has 0 saturated carbocycles. The number of ether oxygens (including phenoxy) is 3. The number of nitrogens with two attached hydrogens (primary N) is 1. The quantitative estimate of drug-likeness (QED) is 0.601. The highest BCUT2D eigenvalue weighted by atomic mass is 16.6. The summed E-state index contributed by atoms with van der Waals surface area (Å²) < 4.78 is 16.2. The van der Waals surface area contributed by atoms with E-state index in [1.54, 1.807) is 6.07 Å². The fourth-order valence-corrected chi connectivity index (χ4v) is 1.66. The zero-order valence-electron chi connectivity index (χ0n) is 9.99. The van der Waals surface area contributed by atoms with Crippen LogP contribution < -0.4 is 20.5 Å². The van der Waals surface area contributed by atoms with Crippen molar-refractivity contribution in [2.75, 3.05) is 44.0 Å². The summed E-state index contributed by atoms with van der Waals surface area (Å²) in [4.78, 5) is 0. The van der Waals surface area contributed by atoms with Crippen LogP contribution in [0.3, 0.4) is 0 Å². The Morgan fingerprint density at radius 1 is 1.29 bits per heavy atom. The summed E-state index contributed by atoms with van der Waals surface area (Å²) in [6, 6.07) is 3.66. The van der Waals surface area contributed by atoms with Crippen LogP contribution in [0.15, 0.2) is 12.1 Å². The molecular formula is C12H18N2O3. The van der Waals surface area contributed by atoms with Gasteiger partial charge in [0.2, 0.25) is 0 Å². The predicted octanol–water partition coefficient (Wildman–Crippen LogP) is 1.49. The van der Waals surface area contributed by atoms with Gasteiger partial charge in [-0.3, -0.25) is 0 Å². The minimum absolute atomic E-state index is 0.573. The molecule has 5 nitrogen and oxygen atoms in total. The molecule has 94 valence electrons. The molecule has 0 unspecified atom stereocenters. The Bertz CT molecular complexity index is 382. The number of nitrogen functional groups attached to an aromatic ring is 1. The fraction of sp³-hybridized carbons (Fsp3) is 0.500. The smallest absolute Gasteiger partial charge is 0.163 e. The van der Waals surface area contributed by atoms with Crippen molar-refractivity contribution in [2.24, 2.45) is 0 Å². The summed E-state index contributed by atoms with van der Waals surface area (Å²) in [5.74, 6) is 1.45. The van der Waals surface area contributed by atoms with Gasteiger partial charge >= 0.3 is 0 Å². The first-order valence-electron chi connectivity index (χ1n) is 5.82. The number of anilines is 2. The summed E-state index contributed by atoms with van der Waals surface area (Å²) in [6.45, 7) is 5.22. The van der Waals surface area contributed by atoms with Crippen LogP contribution in [0.25, 0.3) is 0 Å². The molecule has 1 aromatic carbocycles. The van der Waals surface area contributed by atoms with Crippen LogP contribution in [-0.4, -0.2) is 33.0 Å². The van der Waals surface area contributed by atoms with E-state index < -0.39 is 0 Å². The Hall–Kier alpha value is -1.62. The van der Waals surface area contributed by atoms with Crippen molar-refractivity contribution >= 4 is 11.4 Å². The zero-order valence-corrected chi connectivity index (χ0v) is 9.99. The van der Waals surface area contributed by atoms with E-state index in [0.717, 1.165) is 24.6 Å². The van der Waals surface area contributed by atoms with Gasteiger partial charge in [0.05, 0.1) is 18.0 Å². The first-order valence-corrected chi connectivity index (χ1v) is 5.82. The standard InChI is InChI=1S/C12H18N2O3/c1-2-15-4-3-14-10-8-12-11(7-9(10)13)16-5-6-17-12/h7-8,14H,2-6,13H2,1H3. The third-order valence-electron chi connectivity index (χ3n) is 2.48. The van der Waals surface area contributed by atoms with Gasteiger partial charge in [-0.05, 0) is 6.92 Å². The topological polar surface area (TPSA) is 65.7 Å². The zero-order chi connectivity index (χ0) is 12.1. The summed E-state index contributed by atoms with van der Waals surface area (Å²) in [5, 5.41) is 3.21. The summed E-state index contributed by atoms with van der Waals surface area (Å²) in [7, 11) is 0. The highest BCUT2D eigenvalue weighted by molar-refractivity contribution is 5.72. The maximum absolute atomic E-state index is 5.92. The third-order valence-corrected chi connectivity index (χ3v) is 2.48. The number of benzene rings is 1. The van der Waals surface area contributed by atoms with Crippen molar-refractivity contribution in [2.45, 2.75) is 6.92 Å². The molecule has 1 aromatic rings. The molecule has 0 bridgehead atoms. The largest absolute Gasteiger partial charge is 0.486 e. The molecule has 5 heteroatoms. The van der Waals surface area contributed by atoms with Gasteiger partial charge in [0.15, 0.2) is 11.5 Å². The molecule has 0 atom stereocenters. The lowest BCUT2D eigenvalue weighted by molar-refractivity contribution is 0.158. The van der Waals surface area contributed by atoms with Gasteiger partial charge in [-0.2, -0.15) is 0 Å². The average molecular weight is 238 g/mol. The molecule has 0 saturated heterocycles. The first-order chi connectivity index (χ1) is 8.31. The Morgan fingerprint density at radius 3 is 2.71 bits per heavy atom. The average Bonchev–Trinajstić information content (AvgIpc) is 2.35. The molecule has 3 N–H and O–H groups in total. The van der Waals surface area contributed by atoms with Crippen LogP contribution in [0.1, 0.15) is 6.92 Å². The molecule has 2 rings (SSSR count). The molecule has 0 aromatic heterocycles. The van der Waals surface area contributed by atoms with E-state index in [0.29, 0.717) is 31.3 Å². The highest BCUT2D eigenvalue weighted by Gasteiger charge is 2.14. The molecule has 17 heavy (non-hydrogen) atoms. The number of fused-ring (bicyclic) bond motifs is 1. The minimum Gasteiger partial charge on any atom is -0.486 e. The second kappa shape index (κ2) is 5.63. The second-order valence-electron chi connectivity index (χ2n) is 3.71. The van der Waals surface area contributed by atoms with Gasteiger partial charge in [0, 0.05) is 25.3 Å². The lowest BCUT2D eigenvalue weighted by Crippen LogP contribution is -2.16. The fourth-order valence-electron chi connectivity index (χ4n) is 1.66. The van der Waals surface area contributed by atoms with Crippen LogP contribution in [0.2, 0.25) is 0 Å². The van der Waals surface area contributed by atoms with Crippen LogP contribution in [-0.2, 0) is 4.74 Å². The first kappa shape index (κ1) is 11.9. The second-order valence-corrected chi connectivity index (χ2v) is 3.71. The third kappa shape index (κ3) is 2.94. The Kier molecular flexibility index (Phi) is 3.93. The Morgan fingerprint density at radius 2 is 2.00 bits per heavy atom. The number of hydrogen-bond acceptors (Lipinski definition) is 5. The van der Waals surface area contributed by atoms with Crippen molar-refractivity contribution < 1.29 is 14.2 Å². The molecule has 0 spiro atoms. The lowest BCUT2D eigenvalue weighted by Gasteiger charge is -2.20. The van der Waals surface area contributed by atoms with Crippen molar-refractivity contribution in [3.8, 4) is 11.5 Å². The lowest BCUT2D eigenvalue weighted by atomic mass is 10.2. The molecule has 0 amide bonds. The predicted molar refractivity (Wildman–Crippen MR) is 66.8 cm³/mol. The summed E-state index contributed by atoms with van der Waals surface area (Å²) in [5.41, 5.74) is 7.43. The Balaban J connectivity index is 2.01. The van der Waals surface area contributed by atoms with Crippen LogP contribution in [0, 0.1) is 0 Å². The Labute approximate surface area is 101 Å². The van der Waals surface area contributed by atoms with Gasteiger partial charge in [-0.25, -0.2) is 0 Å². The molecule has 1 aliphatic heterocycles. The van der Waals surface area contributed by atoms with Crippen LogP contribution in [0.5, 0.6) is 11.5 Å². The molecule has 1 heterocycles. The highest BCUT2D eigenvalue weighted by Crippen LogP contribution is 2.36. The SMILES string of the molecule is CCOCCNc1cc2c(cc1N)OCCO2. The van der Waals surface area contributed by atoms with E-state index in [-0.39, 0.29) is 0 Å². The van der Waals surface area contributed by atoms with E-state index in [1.807, 2.05) is 13.0 Å². The van der Waals surface area contributed by atoms with Gasteiger partial charge < -0.3 is 25.3 Å². The maximum atomic E-state index is 5.92. The van der Waals surface area contributed by atoms with Crippen molar-refractivity contribution in [1.29, 1.82) is 0 Å². The van der Waals surface area contributed by atoms with E-state index in [1.165, 1.54) is 0 Å². The van der Waals surface area contributed by atoms with Crippen molar-refractivity contribution in [3.63, 3.8) is 0 Å². The number of rotatable bonds is 5. The molecular weight excluding hydrogens is 220 g/mol. The van der Waals surface area contributed by atoms with Gasteiger partial charge in [-0.15, -0.1) is 0 Å². The van der Waals surface area contributed by atoms with Gasteiger partial charge in [0.1, 0.15) is 13.2 Å². The van der Waals surface area contributed by atoms with E-state index >= 15 is 0 Å². The van der Waals surface area contributed by atoms with E-state index in [4.69, 9.17) is 19.9 Å². The number of hydrogen-bond donors (Lipinski definition) is 2. The maximum Gasteiger partial charge on any atom is 0.163 e. The minimum atomic E-state index is 0.573. The normalized spacial score (nSPS) is 13.5. The summed E-state index contributed by atoms with van der Waals surface area (Å²) >= 11 is 0. The monoisotopic (exact) mass is 238 g/mol. The van der Waals surface area contributed by atoms with Crippen molar-refractivity contribution in [3.05, 3.63) is 12.1 Å². The molecule has 0 fully saturated rings. The summed E-state index contributed by atoms with van der Waals surface area (Å²) in [6.07, 6.45) is 0. The van der Waals surface area contributed by atoms with Gasteiger partial charge in [0.25, 0.3) is 0 Å². The molecule has 0 aliphatic carbocycles. The molecule has 1 aliphatic rings. The van der Waals surface area contributed by atoms with Gasteiger partial charge in [-0.1, -0.05) is 0 Å². The number of nitrogens with one attached hydrogen (secondary N) is 1. The van der Waals surface area contributed by atoms with E-state index in [9.17, 15) is 0 Å². The van der Waals surface area contributed by atoms with E-state index in [2.05, 4.69) is 5.32 Å². The van der Waals surface area contributed by atoms with Crippen LogP contribution >= 0.6 is 0 Å². The van der Waals surface area contributed by atoms with Crippen LogP contribution in [0.4, 0.5) is 11.4 Å². The molecule has 0 radical (unpaired) electrons. The van der Waals surface area contributed by atoms with Crippen molar-refractivity contribution in [1.82, 2.24) is 0 Å².